The SMILES string of the molecule is CC(C)NC(C)c1ccc(-c2ccccc2)cc1. The zero-order valence-electron chi connectivity index (χ0n) is 11.4. The summed E-state index contributed by atoms with van der Waals surface area (Å²) in [5.74, 6) is 0. The van der Waals surface area contributed by atoms with Crippen LogP contribution in [0, 0.1) is 0 Å². The zero-order valence-corrected chi connectivity index (χ0v) is 11.4. The van der Waals surface area contributed by atoms with Gasteiger partial charge in [-0.1, -0.05) is 68.4 Å². The maximum absolute atomic E-state index is 3.52. The lowest BCUT2D eigenvalue weighted by Crippen LogP contribution is -2.25. The second-order valence-electron chi connectivity index (χ2n) is 5.03. The van der Waals surface area contributed by atoms with Crippen molar-refractivity contribution >= 4 is 0 Å². The third-order valence-electron chi connectivity index (χ3n) is 3.10. The molecule has 1 nitrogen and oxygen atoms in total. The summed E-state index contributed by atoms with van der Waals surface area (Å²) >= 11 is 0. The van der Waals surface area contributed by atoms with Crippen molar-refractivity contribution in [3.63, 3.8) is 0 Å². The molecule has 0 saturated heterocycles. The lowest BCUT2D eigenvalue weighted by atomic mass is 10.0. The lowest BCUT2D eigenvalue weighted by Gasteiger charge is -2.17. The van der Waals surface area contributed by atoms with E-state index in [1.807, 2.05) is 6.07 Å². The highest BCUT2D eigenvalue weighted by Crippen LogP contribution is 2.21. The standard InChI is InChI=1S/C17H21N/c1-13(2)18-14(3)15-9-11-17(12-10-15)16-7-5-4-6-8-16/h4-14,18H,1-3H3. The van der Waals surface area contributed by atoms with Gasteiger partial charge in [0.1, 0.15) is 0 Å². The second kappa shape index (κ2) is 5.83. The van der Waals surface area contributed by atoms with E-state index in [2.05, 4.69) is 74.6 Å². The van der Waals surface area contributed by atoms with Crippen molar-refractivity contribution in [3.8, 4) is 11.1 Å². The summed E-state index contributed by atoms with van der Waals surface area (Å²) < 4.78 is 0. The van der Waals surface area contributed by atoms with Gasteiger partial charge in [-0.3, -0.25) is 0 Å². The lowest BCUT2D eigenvalue weighted by molar-refractivity contribution is 0.506. The average molecular weight is 239 g/mol. The molecule has 18 heavy (non-hydrogen) atoms. The Hall–Kier alpha value is -1.60. The van der Waals surface area contributed by atoms with Crippen LogP contribution >= 0.6 is 0 Å². The summed E-state index contributed by atoms with van der Waals surface area (Å²) in [5.41, 5.74) is 3.88. The highest BCUT2D eigenvalue weighted by molar-refractivity contribution is 5.63. The fourth-order valence-electron chi connectivity index (χ4n) is 2.19. The van der Waals surface area contributed by atoms with Gasteiger partial charge in [0.25, 0.3) is 0 Å². The fourth-order valence-corrected chi connectivity index (χ4v) is 2.19. The molecule has 1 atom stereocenters. The Morgan fingerprint density at radius 2 is 1.28 bits per heavy atom. The van der Waals surface area contributed by atoms with Crippen molar-refractivity contribution in [2.75, 3.05) is 0 Å². The van der Waals surface area contributed by atoms with E-state index >= 15 is 0 Å². The number of nitrogens with one attached hydrogen (secondary N) is 1. The van der Waals surface area contributed by atoms with Crippen LogP contribution in [0.4, 0.5) is 0 Å². The zero-order chi connectivity index (χ0) is 13.0. The van der Waals surface area contributed by atoms with Crippen LogP contribution in [0.25, 0.3) is 11.1 Å². The van der Waals surface area contributed by atoms with Crippen LogP contribution in [-0.4, -0.2) is 6.04 Å². The molecule has 0 spiro atoms. The van der Waals surface area contributed by atoms with E-state index in [1.54, 1.807) is 0 Å². The van der Waals surface area contributed by atoms with E-state index in [0.29, 0.717) is 12.1 Å². The molecule has 0 aliphatic carbocycles. The third kappa shape index (κ3) is 3.21. The smallest absolute Gasteiger partial charge is 0.0294 e. The van der Waals surface area contributed by atoms with Gasteiger partial charge in [0.2, 0.25) is 0 Å². The average Bonchev–Trinajstić information content (AvgIpc) is 2.39. The van der Waals surface area contributed by atoms with Crippen LogP contribution in [0.15, 0.2) is 54.6 Å². The van der Waals surface area contributed by atoms with Gasteiger partial charge in [-0.2, -0.15) is 0 Å². The van der Waals surface area contributed by atoms with Crippen molar-refractivity contribution in [1.82, 2.24) is 5.32 Å². The summed E-state index contributed by atoms with van der Waals surface area (Å²) in [4.78, 5) is 0. The number of hydrogen-bond acceptors (Lipinski definition) is 1. The molecule has 1 N–H and O–H groups in total. The first-order chi connectivity index (χ1) is 8.66. The Morgan fingerprint density at radius 3 is 1.83 bits per heavy atom. The van der Waals surface area contributed by atoms with Crippen molar-refractivity contribution in [2.45, 2.75) is 32.9 Å². The van der Waals surface area contributed by atoms with Crippen LogP contribution in [0.3, 0.4) is 0 Å². The summed E-state index contributed by atoms with van der Waals surface area (Å²) in [6.07, 6.45) is 0. The van der Waals surface area contributed by atoms with Crippen LogP contribution in [0.1, 0.15) is 32.4 Å². The molecule has 0 amide bonds. The monoisotopic (exact) mass is 239 g/mol. The van der Waals surface area contributed by atoms with Gasteiger partial charge in [0, 0.05) is 12.1 Å². The normalized spacial score (nSPS) is 12.7. The van der Waals surface area contributed by atoms with Crippen LogP contribution in [-0.2, 0) is 0 Å². The Balaban J connectivity index is 2.15. The molecule has 2 aromatic rings. The molecule has 0 heterocycles. The molecular weight excluding hydrogens is 218 g/mol. The molecule has 0 aromatic heterocycles. The van der Waals surface area contributed by atoms with Gasteiger partial charge in [0.15, 0.2) is 0 Å². The first-order valence-electron chi connectivity index (χ1n) is 6.58. The molecule has 94 valence electrons. The molecule has 0 saturated carbocycles. The molecule has 0 radical (unpaired) electrons. The molecule has 1 unspecified atom stereocenters. The molecule has 0 fully saturated rings. The first kappa shape index (κ1) is 12.8. The third-order valence-corrected chi connectivity index (χ3v) is 3.10. The summed E-state index contributed by atoms with van der Waals surface area (Å²) in [5, 5.41) is 3.52. The summed E-state index contributed by atoms with van der Waals surface area (Å²) in [7, 11) is 0. The number of benzene rings is 2. The minimum absolute atomic E-state index is 0.398. The Kier molecular flexibility index (Phi) is 4.16. The van der Waals surface area contributed by atoms with Crippen LogP contribution < -0.4 is 5.32 Å². The van der Waals surface area contributed by atoms with Crippen LogP contribution in [0.5, 0.6) is 0 Å². The number of rotatable bonds is 4. The predicted octanol–water partition coefficient (Wildman–Crippen LogP) is 4.41. The van der Waals surface area contributed by atoms with Gasteiger partial charge >= 0.3 is 0 Å². The topological polar surface area (TPSA) is 12.0 Å². The maximum Gasteiger partial charge on any atom is 0.0294 e. The maximum atomic E-state index is 3.52. The molecule has 0 aliphatic rings. The largest absolute Gasteiger partial charge is 0.308 e. The van der Waals surface area contributed by atoms with E-state index < -0.39 is 0 Å². The van der Waals surface area contributed by atoms with Crippen molar-refractivity contribution in [3.05, 3.63) is 60.2 Å². The van der Waals surface area contributed by atoms with Gasteiger partial charge in [0.05, 0.1) is 0 Å². The molecule has 0 bridgehead atoms. The Bertz CT molecular complexity index is 471. The molecule has 2 aromatic carbocycles. The first-order valence-corrected chi connectivity index (χ1v) is 6.58. The summed E-state index contributed by atoms with van der Waals surface area (Å²) in [6, 6.07) is 20.2. The van der Waals surface area contributed by atoms with E-state index in [9.17, 15) is 0 Å². The highest BCUT2D eigenvalue weighted by Gasteiger charge is 2.06. The Morgan fingerprint density at radius 1 is 0.722 bits per heavy atom. The minimum Gasteiger partial charge on any atom is -0.308 e. The molecule has 2 rings (SSSR count). The predicted molar refractivity (Wildman–Crippen MR) is 78.6 cm³/mol. The Labute approximate surface area is 110 Å². The van der Waals surface area contributed by atoms with Gasteiger partial charge in [-0.15, -0.1) is 0 Å². The van der Waals surface area contributed by atoms with Crippen molar-refractivity contribution in [1.29, 1.82) is 0 Å². The molecule has 1 heteroatoms. The van der Waals surface area contributed by atoms with Gasteiger partial charge in [-0.05, 0) is 23.6 Å². The quantitative estimate of drug-likeness (QED) is 0.833. The number of hydrogen-bond donors (Lipinski definition) is 1. The highest BCUT2D eigenvalue weighted by atomic mass is 14.9. The summed E-state index contributed by atoms with van der Waals surface area (Å²) in [6.45, 7) is 6.56. The van der Waals surface area contributed by atoms with E-state index in [0.717, 1.165) is 0 Å². The van der Waals surface area contributed by atoms with Crippen LogP contribution in [0.2, 0.25) is 0 Å². The van der Waals surface area contributed by atoms with Gasteiger partial charge < -0.3 is 5.32 Å². The van der Waals surface area contributed by atoms with Crippen molar-refractivity contribution in [2.24, 2.45) is 0 Å². The fraction of sp³-hybridized carbons (Fsp3) is 0.294. The van der Waals surface area contributed by atoms with Gasteiger partial charge in [-0.25, -0.2) is 0 Å². The second-order valence-corrected chi connectivity index (χ2v) is 5.03. The minimum atomic E-state index is 0.398. The molecular formula is C17H21N. The van der Waals surface area contributed by atoms with E-state index in [1.165, 1.54) is 16.7 Å². The molecule has 0 aliphatic heterocycles. The van der Waals surface area contributed by atoms with E-state index in [-0.39, 0.29) is 0 Å². The van der Waals surface area contributed by atoms with Crippen molar-refractivity contribution < 1.29 is 0 Å². The van der Waals surface area contributed by atoms with E-state index in [4.69, 9.17) is 0 Å².